The Balaban J connectivity index is 2.66. The van der Waals surface area contributed by atoms with E-state index in [4.69, 9.17) is 9.47 Å². The molecule has 0 saturated heterocycles. The van der Waals surface area contributed by atoms with Crippen LogP contribution in [0.4, 0.5) is 0 Å². The molecule has 0 aliphatic rings. The molecule has 21 heavy (non-hydrogen) atoms. The minimum Gasteiger partial charge on any atom is -0.493 e. The van der Waals surface area contributed by atoms with Gasteiger partial charge in [-0.05, 0) is 38.3 Å². The molecule has 1 rings (SSSR count). The Hall–Kier alpha value is -1.48. The van der Waals surface area contributed by atoms with Crippen LogP contribution in [0.3, 0.4) is 0 Å². The molecule has 0 amide bonds. The first-order valence-corrected chi connectivity index (χ1v) is 8.02. The zero-order valence-electron chi connectivity index (χ0n) is 13.5. The molecule has 0 fully saturated rings. The van der Waals surface area contributed by atoms with Gasteiger partial charge in [-0.3, -0.25) is 0 Å². The summed E-state index contributed by atoms with van der Waals surface area (Å²) in [4.78, 5) is 0. The van der Waals surface area contributed by atoms with Crippen molar-refractivity contribution in [1.82, 2.24) is 5.32 Å². The lowest BCUT2D eigenvalue weighted by Crippen LogP contribution is -2.15. The maximum atomic E-state index is 5.92. The first kappa shape index (κ1) is 17.6. The Morgan fingerprint density at radius 3 is 2.71 bits per heavy atom. The van der Waals surface area contributed by atoms with Crippen LogP contribution in [0, 0.1) is 0 Å². The summed E-state index contributed by atoms with van der Waals surface area (Å²) in [6, 6.07) is 6.12. The molecule has 3 heteroatoms. The zero-order chi connectivity index (χ0) is 15.3. The van der Waals surface area contributed by atoms with Crippen molar-refractivity contribution >= 4 is 0 Å². The fourth-order valence-corrected chi connectivity index (χ4v) is 1.93. The summed E-state index contributed by atoms with van der Waals surface area (Å²) < 4.78 is 11.6. The molecule has 0 radical (unpaired) electrons. The summed E-state index contributed by atoms with van der Waals surface area (Å²) >= 11 is 0. The molecule has 0 unspecified atom stereocenters. The number of hydrogen-bond acceptors (Lipinski definition) is 3. The molecular formula is C18H29NO2. The molecule has 1 aromatic rings. The van der Waals surface area contributed by atoms with Crippen molar-refractivity contribution in [1.29, 1.82) is 0 Å². The van der Waals surface area contributed by atoms with Gasteiger partial charge in [0, 0.05) is 18.2 Å². The molecule has 0 aromatic heterocycles. The molecule has 0 aliphatic carbocycles. The van der Waals surface area contributed by atoms with Crippen molar-refractivity contribution in [3.8, 4) is 11.5 Å². The Bertz CT molecular complexity index is 404. The van der Waals surface area contributed by atoms with Crippen molar-refractivity contribution in [3.63, 3.8) is 0 Å². The number of rotatable bonds is 12. The molecule has 1 aromatic carbocycles. The summed E-state index contributed by atoms with van der Waals surface area (Å²) in [5.41, 5.74) is 1.19. The minimum atomic E-state index is 0.712. The van der Waals surface area contributed by atoms with Crippen LogP contribution in [0.2, 0.25) is 0 Å². The van der Waals surface area contributed by atoms with Crippen molar-refractivity contribution in [2.75, 3.05) is 19.8 Å². The predicted octanol–water partition coefficient (Wildman–Crippen LogP) is 4.32. The van der Waals surface area contributed by atoms with Crippen molar-refractivity contribution in [2.45, 2.75) is 46.1 Å². The Morgan fingerprint density at radius 2 is 2.00 bits per heavy atom. The van der Waals surface area contributed by atoms with Gasteiger partial charge in [-0.2, -0.15) is 0 Å². The monoisotopic (exact) mass is 291 g/mol. The van der Waals surface area contributed by atoms with E-state index in [2.05, 4.69) is 31.8 Å². The number of nitrogens with one attached hydrogen (secondary N) is 1. The van der Waals surface area contributed by atoms with E-state index < -0.39 is 0 Å². The van der Waals surface area contributed by atoms with Gasteiger partial charge < -0.3 is 14.8 Å². The van der Waals surface area contributed by atoms with Gasteiger partial charge in [0.1, 0.15) is 11.5 Å². The molecule has 0 aliphatic heterocycles. The predicted molar refractivity (Wildman–Crippen MR) is 89.2 cm³/mol. The third-order valence-corrected chi connectivity index (χ3v) is 3.06. The molecule has 0 heterocycles. The fraction of sp³-hybridized carbons (Fsp3) is 0.556. The van der Waals surface area contributed by atoms with Gasteiger partial charge in [0.15, 0.2) is 0 Å². The van der Waals surface area contributed by atoms with Gasteiger partial charge in [-0.15, -0.1) is 6.58 Å². The first-order valence-electron chi connectivity index (χ1n) is 8.02. The van der Waals surface area contributed by atoms with E-state index in [1.165, 1.54) is 5.56 Å². The summed E-state index contributed by atoms with van der Waals surface area (Å²) in [7, 11) is 0. The zero-order valence-corrected chi connectivity index (χ0v) is 13.5. The Labute approximate surface area is 129 Å². The van der Waals surface area contributed by atoms with Crippen LogP contribution in [0.15, 0.2) is 30.9 Å². The number of unbranched alkanes of at least 4 members (excludes halogenated alkanes) is 1. The number of allylic oxidation sites excluding steroid dienone is 1. The van der Waals surface area contributed by atoms with Crippen LogP contribution in [-0.2, 0) is 6.54 Å². The summed E-state index contributed by atoms with van der Waals surface area (Å²) in [6.07, 6.45) is 6.04. The highest BCUT2D eigenvalue weighted by molar-refractivity contribution is 5.40. The van der Waals surface area contributed by atoms with E-state index in [1.54, 1.807) is 0 Å². The number of benzene rings is 1. The molecule has 0 saturated carbocycles. The third-order valence-electron chi connectivity index (χ3n) is 3.06. The van der Waals surface area contributed by atoms with E-state index in [-0.39, 0.29) is 0 Å². The van der Waals surface area contributed by atoms with Crippen LogP contribution in [0.25, 0.3) is 0 Å². The number of ether oxygens (including phenoxy) is 2. The summed E-state index contributed by atoms with van der Waals surface area (Å²) in [5.74, 6) is 1.81. The molecule has 0 bridgehead atoms. The SMILES string of the molecule is C=CCCCOc1cc(OCCC)ccc1CNCCC. The van der Waals surface area contributed by atoms with Gasteiger partial charge in [-0.25, -0.2) is 0 Å². The molecule has 118 valence electrons. The normalized spacial score (nSPS) is 10.4. The van der Waals surface area contributed by atoms with E-state index in [1.807, 2.05) is 18.2 Å². The topological polar surface area (TPSA) is 30.5 Å². The highest BCUT2D eigenvalue weighted by Crippen LogP contribution is 2.25. The molecule has 1 N–H and O–H groups in total. The van der Waals surface area contributed by atoms with Crippen LogP contribution in [0.5, 0.6) is 11.5 Å². The standard InChI is InChI=1S/C18H29NO2/c1-4-7-8-13-21-18-14-17(20-12-6-3)10-9-16(18)15-19-11-5-2/h4,9-10,14,19H,1,5-8,11-13,15H2,2-3H3. The third kappa shape index (κ3) is 7.19. The minimum absolute atomic E-state index is 0.712. The van der Waals surface area contributed by atoms with Gasteiger partial charge in [0.2, 0.25) is 0 Å². The van der Waals surface area contributed by atoms with Crippen molar-refractivity contribution in [2.24, 2.45) is 0 Å². The maximum absolute atomic E-state index is 5.92. The van der Waals surface area contributed by atoms with E-state index in [0.29, 0.717) is 6.61 Å². The Kier molecular flexibility index (Phi) is 9.38. The molecular weight excluding hydrogens is 262 g/mol. The Morgan fingerprint density at radius 1 is 1.14 bits per heavy atom. The average Bonchev–Trinajstić information content (AvgIpc) is 2.51. The largest absolute Gasteiger partial charge is 0.493 e. The lowest BCUT2D eigenvalue weighted by atomic mass is 10.2. The van der Waals surface area contributed by atoms with Gasteiger partial charge in [-0.1, -0.05) is 26.0 Å². The van der Waals surface area contributed by atoms with Gasteiger partial charge >= 0.3 is 0 Å². The summed E-state index contributed by atoms with van der Waals surface area (Å²) in [6.45, 7) is 11.3. The quantitative estimate of drug-likeness (QED) is 0.459. The second kappa shape index (κ2) is 11.2. The lowest BCUT2D eigenvalue weighted by molar-refractivity contribution is 0.296. The van der Waals surface area contributed by atoms with Crippen LogP contribution < -0.4 is 14.8 Å². The van der Waals surface area contributed by atoms with E-state index in [0.717, 1.165) is 56.9 Å². The lowest BCUT2D eigenvalue weighted by Gasteiger charge is -2.14. The highest BCUT2D eigenvalue weighted by Gasteiger charge is 2.06. The van der Waals surface area contributed by atoms with Crippen LogP contribution >= 0.6 is 0 Å². The summed E-state index contributed by atoms with van der Waals surface area (Å²) in [5, 5.41) is 3.42. The average molecular weight is 291 g/mol. The number of hydrogen-bond donors (Lipinski definition) is 1. The van der Waals surface area contributed by atoms with Crippen LogP contribution in [-0.4, -0.2) is 19.8 Å². The highest BCUT2D eigenvalue weighted by atomic mass is 16.5. The van der Waals surface area contributed by atoms with Gasteiger partial charge in [0.25, 0.3) is 0 Å². The molecule has 0 atom stereocenters. The van der Waals surface area contributed by atoms with E-state index >= 15 is 0 Å². The first-order chi connectivity index (χ1) is 10.3. The van der Waals surface area contributed by atoms with Crippen molar-refractivity contribution in [3.05, 3.63) is 36.4 Å². The van der Waals surface area contributed by atoms with E-state index in [9.17, 15) is 0 Å². The smallest absolute Gasteiger partial charge is 0.127 e. The van der Waals surface area contributed by atoms with Crippen LogP contribution in [0.1, 0.15) is 45.1 Å². The molecule has 3 nitrogen and oxygen atoms in total. The van der Waals surface area contributed by atoms with Gasteiger partial charge in [0.05, 0.1) is 13.2 Å². The second-order valence-electron chi connectivity index (χ2n) is 5.07. The van der Waals surface area contributed by atoms with Crippen molar-refractivity contribution < 1.29 is 9.47 Å². The maximum Gasteiger partial charge on any atom is 0.127 e. The fourth-order valence-electron chi connectivity index (χ4n) is 1.93. The molecule has 0 spiro atoms. The second-order valence-corrected chi connectivity index (χ2v) is 5.07.